The minimum Gasteiger partial charge on any atom is -0.365 e. The lowest BCUT2D eigenvalue weighted by molar-refractivity contribution is 0.621. The topological polar surface area (TPSA) is 24.4 Å². The van der Waals surface area contributed by atoms with Crippen LogP contribution >= 0.6 is 23.5 Å². The van der Waals surface area contributed by atoms with Gasteiger partial charge in [0.25, 0.3) is 0 Å². The van der Waals surface area contributed by atoms with E-state index in [1.165, 1.54) is 12.2 Å². The summed E-state index contributed by atoms with van der Waals surface area (Å²) >= 11 is 3.81. The Balaban J connectivity index is 2.10. The molecule has 0 spiro atoms. The summed E-state index contributed by atoms with van der Waals surface area (Å²) in [4.78, 5) is 4.50. The molecule has 1 aliphatic heterocycles. The molecule has 0 aromatic rings. The number of nitrogens with zero attached hydrogens (tertiary/aromatic N) is 1. The first kappa shape index (κ1) is 12.2. The van der Waals surface area contributed by atoms with Crippen molar-refractivity contribution in [2.45, 2.75) is 25.5 Å². The van der Waals surface area contributed by atoms with Crippen LogP contribution in [0, 0.1) is 5.92 Å². The Morgan fingerprint density at radius 1 is 1.64 bits per heavy atom. The molecule has 1 rings (SSSR count). The summed E-state index contributed by atoms with van der Waals surface area (Å²) in [5.41, 5.74) is 0. The number of nitrogens with one attached hydrogen (secondary N) is 1. The molecule has 14 heavy (non-hydrogen) atoms. The van der Waals surface area contributed by atoms with Crippen LogP contribution in [-0.4, -0.2) is 35.5 Å². The second-order valence-electron chi connectivity index (χ2n) is 3.82. The summed E-state index contributed by atoms with van der Waals surface area (Å²) < 4.78 is 0. The Hall–Kier alpha value is 0.170. The van der Waals surface area contributed by atoms with E-state index in [9.17, 15) is 0 Å². The fourth-order valence-corrected chi connectivity index (χ4v) is 2.72. The third kappa shape index (κ3) is 4.13. The summed E-state index contributed by atoms with van der Waals surface area (Å²) in [6.07, 6.45) is 3.38. The highest BCUT2D eigenvalue weighted by Crippen LogP contribution is 2.25. The van der Waals surface area contributed by atoms with Crippen molar-refractivity contribution < 1.29 is 0 Å². The molecular formula is C10H20N2S2. The summed E-state index contributed by atoms with van der Waals surface area (Å²) in [6, 6.07) is 0. The number of aliphatic imine (C=N–C) groups is 1. The maximum absolute atomic E-state index is 4.50. The van der Waals surface area contributed by atoms with Gasteiger partial charge in [0.1, 0.15) is 0 Å². The quantitative estimate of drug-likeness (QED) is 0.737. The first-order valence-corrected chi connectivity index (χ1v) is 7.45. The lowest BCUT2D eigenvalue weighted by atomic mass is 10.1. The molecule has 0 amide bonds. The number of hydrogen-bond donors (Lipinski definition) is 1. The van der Waals surface area contributed by atoms with E-state index < -0.39 is 0 Å². The first-order chi connectivity index (χ1) is 6.74. The molecule has 1 atom stereocenters. The molecule has 0 fully saturated rings. The van der Waals surface area contributed by atoms with Crippen molar-refractivity contribution in [1.29, 1.82) is 0 Å². The normalized spacial score (nSPS) is 21.4. The molecule has 0 saturated carbocycles. The van der Waals surface area contributed by atoms with Gasteiger partial charge in [-0.15, -0.1) is 0 Å². The van der Waals surface area contributed by atoms with Gasteiger partial charge in [0.2, 0.25) is 0 Å². The summed E-state index contributed by atoms with van der Waals surface area (Å²) in [7, 11) is 0. The predicted octanol–water partition coefficient (Wildman–Crippen LogP) is 2.46. The SMILES string of the molecule is CSCCCNC1=NCC(C(C)C)S1. The molecule has 82 valence electrons. The van der Waals surface area contributed by atoms with Crippen molar-refractivity contribution in [3.05, 3.63) is 0 Å². The smallest absolute Gasteiger partial charge is 0.156 e. The molecule has 2 nitrogen and oxygen atoms in total. The molecule has 1 unspecified atom stereocenters. The van der Waals surface area contributed by atoms with Crippen molar-refractivity contribution in [1.82, 2.24) is 5.32 Å². The van der Waals surface area contributed by atoms with E-state index in [1.54, 1.807) is 0 Å². The fraction of sp³-hybridized carbons (Fsp3) is 0.900. The fourth-order valence-electron chi connectivity index (χ4n) is 1.25. The first-order valence-electron chi connectivity index (χ1n) is 5.18. The second-order valence-corrected chi connectivity index (χ2v) is 6.03. The van der Waals surface area contributed by atoms with Crippen LogP contribution in [0.1, 0.15) is 20.3 Å². The maximum atomic E-state index is 4.50. The molecule has 1 N–H and O–H groups in total. The van der Waals surface area contributed by atoms with Crippen molar-refractivity contribution >= 4 is 28.7 Å². The third-order valence-corrected chi connectivity index (χ3v) is 4.41. The van der Waals surface area contributed by atoms with E-state index in [4.69, 9.17) is 0 Å². The highest BCUT2D eigenvalue weighted by atomic mass is 32.2. The van der Waals surface area contributed by atoms with Crippen molar-refractivity contribution in [2.75, 3.05) is 25.1 Å². The zero-order valence-electron chi connectivity index (χ0n) is 9.25. The van der Waals surface area contributed by atoms with Gasteiger partial charge in [0.05, 0.1) is 6.54 Å². The van der Waals surface area contributed by atoms with Crippen molar-refractivity contribution in [3.63, 3.8) is 0 Å². The Bertz CT molecular complexity index is 193. The van der Waals surface area contributed by atoms with Crippen LogP contribution in [0.4, 0.5) is 0 Å². The molecule has 0 saturated heterocycles. The molecule has 0 bridgehead atoms. The lowest BCUT2D eigenvalue weighted by Gasteiger charge is -2.11. The second kappa shape index (κ2) is 6.62. The highest BCUT2D eigenvalue weighted by Gasteiger charge is 2.21. The van der Waals surface area contributed by atoms with Crippen molar-refractivity contribution in [3.8, 4) is 0 Å². The molecule has 0 radical (unpaired) electrons. The predicted molar refractivity (Wildman–Crippen MR) is 69.5 cm³/mol. The number of hydrogen-bond acceptors (Lipinski definition) is 4. The summed E-state index contributed by atoms with van der Waals surface area (Å²) in [5, 5.41) is 5.25. The van der Waals surface area contributed by atoms with Crippen LogP contribution in [-0.2, 0) is 0 Å². The molecule has 0 aromatic heterocycles. The highest BCUT2D eigenvalue weighted by molar-refractivity contribution is 8.14. The van der Waals surface area contributed by atoms with E-state index in [2.05, 4.69) is 30.4 Å². The van der Waals surface area contributed by atoms with E-state index in [0.29, 0.717) is 5.25 Å². The average molecular weight is 232 g/mol. The van der Waals surface area contributed by atoms with Gasteiger partial charge in [-0.1, -0.05) is 25.6 Å². The van der Waals surface area contributed by atoms with E-state index in [0.717, 1.165) is 24.2 Å². The minimum atomic E-state index is 0.693. The van der Waals surface area contributed by atoms with Crippen LogP contribution in [0.3, 0.4) is 0 Å². The Morgan fingerprint density at radius 3 is 3.00 bits per heavy atom. The molecule has 1 heterocycles. The lowest BCUT2D eigenvalue weighted by Crippen LogP contribution is -2.21. The Kier molecular flexibility index (Phi) is 5.78. The maximum Gasteiger partial charge on any atom is 0.156 e. The van der Waals surface area contributed by atoms with Crippen LogP contribution in [0.2, 0.25) is 0 Å². The van der Waals surface area contributed by atoms with Crippen LogP contribution in [0.15, 0.2) is 4.99 Å². The average Bonchev–Trinajstić information content (AvgIpc) is 2.61. The Morgan fingerprint density at radius 2 is 2.43 bits per heavy atom. The molecule has 1 aliphatic rings. The Labute approximate surface area is 95.7 Å². The van der Waals surface area contributed by atoms with Crippen molar-refractivity contribution in [2.24, 2.45) is 10.9 Å². The van der Waals surface area contributed by atoms with Crippen LogP contribution < -0.4 is 5.32 Å². The number of thioether (sulfide) groups is 2. The van der Waals surface area contributed by atoms with Gasteiger partial charge in [0.15, 0.2) is 5.17 Å². The van der Waals surface area contributed by atoms with E-state index >= 15 is 0 Å². The van der Waals surface area contributed by atoms with Gasteiger partial charge < -0.3 is 5.32 Å². The third-order valence-electron chi connectivity index (χ3n) is 2.22. The zero-order valence-corrected chi connectivity index (χ0v) is 10.9. The van der Waals surface area contributed by atoms with Gasteiger partial charge >= 0.3 is 0 Å². The van der Waals surface area contributed by atoms with E-state index in [1.807, 2.05) is 23.5 Å². The van der Waals surface area contributed by atoms with Gasteiger partial charge in [-0.3, -0.25) is 4.99 Å². The molecular weight excluding hydrogens is 212 g/mol. The van der Waals surface area contributed by atoms with Gasteiger partial charge in [-0.25, -0.2) is 0 Å². The summed E-state index contributed by atoms with van der Waals surface area (Å²) in [5.74, 6) is 1.97. The minimum absolute atomic E-state index is 0.693. The monoisotopic (exact) mass is 232 g/mol. The molecule has 0 aliphatic carbocycles. The number of amidine groups is 1. The van der Waals surface area contributed by atoms with Crippen LogP contribution in [0.5, 0.6) is 0 Å². The number of rotatable bonds is 5. The zero-order chi connectivity index (χ0) is 10.4. The summed E-state index contributed by atoms with van der Waals surface area (Å²) in [6.45, 7) is 6.60. The van der Waals surface area contributed by atoms with Gasteiger partial charge in [0, 0.05) is 11.8 Å². The molecule has 4 heteroatoms. The van der Waals surface area contributed by atoms with Crippen LogP contribution in [0.25, 0.3) is 0 Å². The standard InChI is InChI=1S/C10H20N2S2/c1-8(2)9-7-12-10(14-9)11-5-4-6-13-3/h8-9H,4-7H2,1-3H3,(H,11,12). The van der Waals surface area contributed by atoms with Gasteiger partial charge in [-0.2, -0.15) is 11.8 Å². The largest absolute Gasteiger partial charge is 0.365 e. The van der Waals surface area contributed by atoms with E-state index in [-0.39, 0.29) is 0 Å². The molecule has 0 aromatic carbocycles. The van der Waals surface area contributed by atoms with Gasteiger partial charge in [-0.05, 0) is 24.3 Å².